The molecular weight excluding hydrogens is 228 g/mol. The fourth-order valence-electron chi connectivity index (χ4n) is 2.45. The van der Waals surface area contributed by atoms with E-state index in [2.05, 4.69) is 10.0 Å². The van der Waals surface area contributed by atoms with Gasteiger partial charge in [0.15, 0.2) is 0 Å². The average Bonchev–Trinajstić information content (AvgIpc) is 2.77. The van der Waals surface area contributed by atoms with Gasteiger partial charge >= 0.3 is 0 Å². The Balaban J connectivity index is 1.99. The maximum absolute atomic E-state index is 11.8. The van der Waals surface area contributed by atoms with Crippen molar-refractivity contribution in [3.63, 3.8) is 0 Å². The van der Waals surface area contributed by atoms with E-state index in [1.807, 2.05) is 0 Å². The molecule has 2 bridgehead atoms. The standard InChI is InChI=1S/C10H18N2O3S/c1-6(2)16(14,15)12-10(13)8-5-7-3-4-9(8)11-7/h6-9,11H,3-5H2,1-2H3,(H,12,13). The summed E-state index contributed by atoms with van der Waals surface area (Å²) >= 11 is 0. The van der Waals surface area contributed by atoms with Crippen LogP contribution in [-0.4, -0.2) is 31.7 Å². The summed E-state index contributed by atoms with van der Waals surface area (Å²) in [5.74, 6) is -0.513. The fraction of sp³-hybridized carbons (Fsp3) is 0.900. The number of hydrogen-bond acceptors (Lipinski definition) is 4. The van der Waals surface area contributed by atoms with E-state index in [9.17, 15) is 13.2 Å². The van der Waals surface area contributed by atoms with Crippen molar-refractivity contribution in [2.24, 2.45) is 5.92 Å². The van der Waals surface area contributed by atoms with Crippen LogP contribution in [0, 0.1) is 5.92 Å². The molecule has 3 unspecified atom stereocenters. The predicted octanol–water partition coefficient (Wildman–Crippen LogP) is -0.0187. The van der Waals surface area contributed by atoms with E-state index in [-0.39, 0.29) is 17.9 Å². The van der Waals surface area contributed by atoms with Crippen molar-refractivity contribution >= 4 is 15.9 Å². The lowest BCUT2D eigenvalue weighted by Crippen LogP contribution is -2.43. The van der Waals surface area contributed by atoms with Gasteiger partial charge in [-0.1, -0.05) is 0 Å². The third kappa shape index (κ3) is 2.08. The summed E-state index contributed by atoms with van der Waals surface area (Å²) in [4.78, 5) is 11.8. The maximum Gasteiger partial charge on any atom is 0.238 e. The molecule has 0 aromatic rings. The Kier molecular flexibility index (Phi) is 2.96. The molecule has 3 atom stereocenters. The summed E-state index contributed by atoms with van der Waals surface area (Å²) in [6.45, 7) is 3.13. The molecule has 0 aromatic heterocycles. The molecule has 6 heteroatoms. The van der Waals surface area contributed by atoms with Gasteiger partial charge in [0, 0.05) is 12.1 Å². The molecule has 2 rings (SSSR count). The van der Waals surface area contributed by atoms with Gasteiger partial charge in [0.05, 0.1) is 11.2 Å². The first-order valence-electron chi connectivity index (χ1n) is 5.71. The number of rotatable bonds is 3. The summed E-state index contributed by atoms with van der Waals surface area (Å²) in [7, 11) is -3.48. The van der Waals surface area contributed by atoms with Gasteiger partial charge in [-0.25, -0.2) is 8.42 Å². The van der Waals surface area contributed by atoms with E-state index in [4.69, 9.17) is 0 Å². The van der Waals surface area contributed by atoms with Gasteiger partial charge in [-0.3, -0.25) is 9.52 Å². The van der Waals surface area contributed by atoms with E-state index in [1.165, 1.54) is 0 Å². The maximum atomic E-state index is 11.8. The van der Waals surface area contributed by atoms with Crippen LogP contribution in [0.4, 0.5) is 0 Å². The summed E-state index contributed by atoms with van der Waals surface area (Å²) in [5.41, 5.74) is 0. The van der Waals surface area contributed by atoms with E-state index in [0.29, 0.717) is 6.04 Å². The third-order valence-corrected chi connectivity index (χ3v) is 5.23. The van der Waals surface area contributed by atoms with Gasteiger partial charge in [-0.05, 0) is 33.1 Å². The zero-order valence-corrected chi connectivity index (χ0v) is 10.4. The molecule has 2 aliphatic heterocycles. The Morgan fingerprint density at radius 3 is 2.50 bits per heavy atom. The molecule has 2 aliphatic rings. The summed E-state index contributed by atoms with van der Waals surface area (Å²) in [6, 6.07) is 0.579. The van der Waals surface area contributed by atoms with Crippen molar-refractivity contribution < 1.29 is 13.2 Å². The highest BCUT2D eigenvalue weighted by Crippen LogP contribution is 2.33. The Bertz CT molecular complexity index is 391. The smallest absolute Gasteiger partial charge is 0.238 e. The Labute approximate surface area is 96.0 Å². The fourth-order valence-corrected chi connectivity index (χ4v) is 3.12. The van der Waals surface area contributed by atoms with Crippen LogP contribution in [0.3, 0.4) is 0 Å². The highest BCUT2D eigenvalue weighted by molar-refractivity contribution is 7.90. The van der Waals surface area contributed by atoms with Gasteiger partial charge in [0.1, 0.15) is 0 Å². The number of carbonyl (C=O) groups excluding carboxylic acids is 1. The first-order valence-corrected chi connectivity index (χ1v) is 7.26. The second kappa shape index (κ2) is 4.00. The number of carbonyl (C=O) groups is 1. The zero-order chi connectivity index (χ0) is 11.9. The minimum absolute atomic E-state index is 0.173. The van der Waals surface area contributed by atoms with Gasteiger partial charge in [0.2, 0.25) is 15.9 Å². The molecule has 5 nitrogen and oxygen atoms in total. The van der Waals surface area contributed by atoms with Crippen LogP contribution in [0.2, 0.25) is 0 Å². The van der Waals surface area contributed by atoms with Crippen LogP contribution in [0.1, 0.15) is 33.1 Å². The molecule has 0 aliphatic carbocycles. The number of fused-ring (bicyclic) bond motifs is 2. The molecule has 2 fully saturated rings. The largest absolute Gasteiger partial charge is 0.310 e. The first kappa shape index (κ1) is 11.9. The van der Waals surface area contributed by atoms with Gasteiger partial charge in [-0.2, -0.15) is 0 Å². The first-order chi connectivity index (χ1) is 7.40. The van der Waals surface area contributed by atoms with Crippen molar-refractivity contribution in [2.75, 3.05) is 0 Å². The van der Waals surface area contributed by atoms with Crippen molar-refractivity contribution in [3.8, 4) is 0 Å². The SMILES string of the molecule is CC(C)S(=O)(=O)NC(=O)C1CC2CCC1N2. The molecule has 0 spiro atoms. The molecule has 1 amide bonds. The van der Waals surface area contributed by atoms with Crippen molar-refractivity contribution in [1.82, 2.24) is 10.0 Å². The molecule has 2 heterocycles. The summed E-state index contributed by atoms with van der Waals surface area (Å²) < 4.78 is 25.3. The molecule has 2 saturated heterocycles. The Morgan fingerprint density at radius 1 is 1.38 bits per heavy atom. The summed E-state index contributed by atoms with van der Waals surface area (Å²) in [6.07, 6.45) is 2.85. The minimum Gasteiger partial charge on any atom is -0.310 e. The van der Waals surface area contributed by atoms with E-state index in [1.54, 1.807) is 13.8 Å². The lowest BCUT2D eigenvalue weighted by Gasteiger charge is -2.20. The Hall–Kier alpha value is -0.620. The minimum atomic E-state index is -3.48. The van der Waals surface area contributed by atoms with Crippen molar-refractivity contribution in [2.45, 2.75) is 50.4 Å². The quantitative estimate of drug-likeness (QED) is 0.734. The van der Waals surface area contributed by atoms with Crippen LogP contribution in [0.5, 0.6) is 0 Å². The normalized spacial score (nSPS) is 33.3. The molecule has 0 radical (unpaired) electrons. The number of sulfonamides is 1. The molecule has 2 N–H and O–H groups in total. The van der Waals surface area contributed by atoms with E-state index in [0.717, 1.165) is 19.3 Å². The van der Waals surface area contributed by atoms with Gasteiger partial charge in [0.25, 0.3) is 0 Å². The van der Waals surface area contributed by atoms with Crippen molar-refractivity contribution in [1.29, 1.82) is 0 Å². The highest BCUT2D eigenvalue weighted by Gasteiger charge is 2.43. The molecule has 16 heavy (non-hydrogen) atoms. The Morgan fingerprint density at radius 2 is 2.06 bits per heavy atom. The third-order valence-electron chi connectivity index (χ3n) is 3.50. The predicted molar refractivity (Wildman–Crippen MR) is 60.3 cm³/mol. The van der Waals surface area contributed by atoms with Crippen molar-refractivity contribution in [3.05, 3.63) is 0 Å². The number of hydrogen-bond donors (Lipinski definition) is 2. The van der Waals surface area contributed by atoms with Crippen LogP contribution < -0.4 is 10.0 Å². The summed E-state index contributed by atoms with van der Waals surface area (Å²) in [5, 5.41) is 2.75. The lowest BCUT2D eigenvalue weighted by atomic mass is 9.89. The van der Waals surface area contributed by atoms with Crippen LogP contribution >= 0.6 is 0 Å². The lowest BCUT2D eigenvalue weighted by molar-refractivity contribution is -0.123. The highest BCUT2D eigenvalue weighted by atomic mass is 32.2. The molecule has 0 aromatic carbocycles. The second-order valence-corrected chi connectivity index (χ2v) is 7.19. The van der Waals surface area contributed by atoms with Gasteiger partial charge < -0.3 is 5.32 Å². The molecule has 0 saturated carbocycles. The zero-order valence-electron chi connectivity index (χ0n) is 9.56. The monoisotopic (exact) mass is 246 g/mol. The number of amides is 1. The average molecular weight is 246 g/mol. The molecule has 92 valence electrons. The number of nitrogens with one attached hydrogen (secondary N) is 2. The second-order valence-electron chi connectivity index (χ2n) is 4.95. The topological polar surface area (TPSA) is 75.3 Å². The molecular formula is C10H18N2O3S. The van der Waals surface area contributed by atoms with Crippen LogP contribution in [0.25, 0.3) is 0 Å². The van der Waals surface area contributed by atoms with E-state index < -0.39 is 15.3 Å². The van der Waals surface area contributed by atoms with Crippen LogP contribution in [-0.2, 0) is 14.8 Å². The van der Waals surface area contributed by atoms with Crippen LogP contribution in [0.15, 0.2) is 0 Å². The van der Waals surface area contributed by atoms with Gasteiger partial charge in [-0.15, -0.1) is 0 Å². The van der Waals surface area contributed by atoms with E-state index >= 15 is 0 Å².